The Balaban J connectivity index is 1.34. The Bertz CT molecular complexity index is 1090. The predicted molar refractivity (Wildman–Crippen MR) is 115 cm³/mol. The second-order valence-electron chi connectivity index (χ2n) is 8.61. The molecular formula is C25H27FN2O3. The Morgan fingerprint density at radius 1 is 1.16 bits per heavy atom. The molecule has 0 amide bonds. The minimum atomic E-state index is -0.288. The van der Waals surface area contributed by atoms with Crippen LogP contribution >= 0.6 is 0 Å². The lowest BCUT2D eigenvalue weighted by Gasteiger charge is -2.17. The molecule has 1 aromatic heterocycles. The number of halogens is 1. The Hall–Kier alpha value is -2.70. The average molecular weight is 423 g/mol. The summed E-state index contributed by atoms with van der Waals surface area (Å²) in [5.41, 5.74) is 6.00. The first kappa shape index (κ1) is 20.2. The Labute approximate surface area is 181 Å². The van der Waals surface area contributed by atoms with E-state index in [4.69, 9.17) is 14.6 Å². The smallest absolute Gasteiger partial charge is 0.143 e. The fourth-order valence-corrected chi connectivity index (χ4v) is 4.91. The monoisotopic (exact) mass is 422 g/mol. The molecule has 0 bridgehead atoms. The van der Waals surface area contributed by atoms with Crippen molar-refractivity contribution in [3.63, 3.8) is 0 Å². The van der Waals surface area contributed by atoms with Gasteiger partial charge in [0.15, 0.2) is 0 Å². The summed E-state index contributed by atoms with van der Waals surface area (Å²) in [6.45, 7) is 2.35. The number of aliphatic hydroxyl groups is 1. The van der Waals surface area contributed by atoms with Crippen LogP contribution in [0.5, 0.6) is 5.75 Å². The first-order valence-electron chi connectivity index (χ1n) is 10.8. The minimum Gasteiger partial charge on any atom is -0.486 e. The quantitative estimate of drug-likeness (QED) is 0.562. The fraction of sp³-hybridized carbons (Fsp3) is 0.400. The molecule has 6 heteroatoms. The fourth-order valence-electron chi connectivity index (χ4n) is 4.91. The minimum absolute atomic E-state index is 0.205. The van der Waals surface area contributed by atoms with Gasteiger partial charge in [0.05, 0.1) is 12.3 Å². The molecule has 1 saturated carbocycles. The second-order valence-corrected chi connectivity index (χ2v) is 8.61. The third-order valence-electron chi connectivity index (χ3n) is 6.52. The lowest BCUT2D eigenvalue weighted by atomic mass is 9.97. The van der Waals surface area contributed by atoms with Crippen molar-refractivity contribution in [1.82, 2.24) is 9.78 Å². The standard InChI is InChI=1S/C25H27FN2O3/c1-15-22(12-28(2)27-15)19-7-9-23(26)25-20(19)8-10-24(25)31-18-5-3-16(4-6-18)21-11-17(21)13-30-14-29/h3-7,9,12,17,21,24,29H,8,10-11,13-14H2,1-2H3/t17-,21-,24-/m1/s1. The van der Waals surface area contributed by atoms with Crippen LogP contribution in [-0.2, 0) is 18.2 Å². The predicted octanol–water partition coefficient (Wildman–Crippen LogP) is 4.67. The summed E-state index contributed by atoms with van der Waals surface area (Å²) in [4.78, 5) is 0. The third kappa shape index (κ3) is 3.86. The Morgan fingerprint density at radius 2 is 1.97 bits per heavy atom. The van der Waals surface area contributed by atoms with E-state index in [-0.39, 0.29) is 18.7 Å². The highest BCUT2D eigenvalue weighted by molar-refractivity contribution is 5.71. The summed E-state index contributed by atoms with van der Waals surface area (Å²) >= 11 is 0. The maximum atomic E-state index is 14.8. The van der Waals surface area contributed by atoms with Crippen LogP contribution in [0.15, 0.2) is 42.6 Å². The topological polar surface area (TPSA) is 56.5 Å². The van der Waals surface area contributed by atoms with Gasteiger partial charge in [-0.2, -0.15) is 5.10 Å². The number of aliphatic hydroxyl groups excluding tert-OH is 1. The van der Waals surface area contributed by atoms with Crippen molar-refractivity contribution >= 4 is 0 Å². The summed E-state index contributed by atoms with van der Waals surface area (Å²) < 4.78 is 28.0. The van der Waals surface area contributed by atoms with Gasteiger partial charge in [-0.3, -0.25) is 4.68 Å². The first-order valence-corrected chi connectivity index (χ1v) is 10.8. The molecule has 0 spiro atoms. The Morgan fingerprint density at radius 3 is 2.68 bits per heavy atom. The Kier molecular flexibility index (Phi) is 5.28. The van der Waals surface area contributed by atoms with Gasteiger partial charge in [-0.25, -0.2) is 4.39 Å². The summed E-state index contributed by atoms with van der Waals surface area (Å²) in [6, 6.07) is 11.5. The van der Waals surface area contributed by atoms with E-state index in [1.165, 1.54) is 5.56 Å². The molecule has 0 unspecified atom stereocenters. The molecule has 2 aliphatic rings. The largest absolute Gasteiger partial charge is 0.486 e. The van der Waals surface area contributed by atoms with Crippen LogP contribution in [0, 0.1) is 18.7 Å². The van der Waals surface area contributed by atoms with Gasteiger partial charge in [-0.1, -0.05) is 18.2 Å². The maximum absolute atomic E-state index is 14.8. The summed E-state index contributed by atoms with van der Waals surface area (Å²) in [5, 5.41) is 13.2. The molecule has 0 radical (unpaired) electrons. The highest BCUT2D eigenvalue weighted by Gasteiger charge is 2.38. The van der Waals surface area contributed by atoms with Crippen molar-refractivity contribution in [3.8, 4) is 16.9 Å². The molecule has 2 aliphatic carbocycles. The molecule has 162 valence electrons. The highest BCUT2D eigenvalue weighted by Crippen LogP contribution is 2.48. The highest BCUT2D eigenvalue weighted by atomic mass is 19.1. The molecular weight excluding hydrogens is 395 g/mol. The van der Waals surface area contributed by atoms with Crippen LogP contribution in [0.2, 0.25) is 0 Å². The van der Waals surface area contributed by atoms with Crippen LogP contribution in [0.1, 0.15) is 47.2 Å². The van der Waals surface area contributed by atoms with Gasteiger partial charge in [-0.15, -0.1) is 0 Å². The van der Waals surface area contributed by atoms with Gasteiger partial charge in [0.25, 0.3) is 0 Å². The van der Waals surface area contributed by atoms with Gasteiger partial charge >= 0.3 is 0 Å². The number of aryl methyl sites for hydroxylation is 2. The number of rotatable bonds is 7. The van der Waals surface area contributed by atoms with Crippen LogP contribution in [0.3, 0.4) is 0 Å². The van der Waals surface area contributed by atoms with Crippen molar-refractivity contribution < 1.29 is 19.0 Å². The van der Waals surface area contributed by atoms with E-state index >= 15 is 0 Å². The molecule has 3 aromatic rings. The molecule has 0 saturated heterocycles. The molecule has 5 nitrogen and oxygen atoms in total. The summed E-state index contributed by atoms with van der Waals surface area (Å²) in [6.07, 6.45) is 4.33. The lowest BCUT2D eigenvalue weighted by molar-refractivity contribution is -0.00675. The number of fused-ring (bicyclic) bond motifs is 1. The molecule has 1 fully saturated rings. The number of hydrogen-bond donors (Lipinski definition) is 1. The zero-order chi connectivity index (χ0) is 21.5. The molecule has 1 heterocycles. The van der Waals surface area contributed by atoms with E-state index in [0.717, 1.165) is 47.4 Å². The second kappa shape index (κ2) is 8.09. The number of benzene rings is 2. The molecule has 2 aromatic carbocycles. The van der Waals surface area contributed by atoms with Gasteiger partial charge in [0.1, 0.15) is 24.5 Å². The van der Waals surface area contributed by atoms with E-state index in [0.29, 0.717) is 24.0 Å². The zero-order valence-electron chi connectivity index (χ0n) is 17.8. The normalized spacial score (nSPS) is 21.9. The van der Waals surface area contributed by atoms with E-state index in [9.17, 15) is 4.39 Å². The van der Waals surface area contributed by atoms with Gasteiger partial charge < -0.3 is 14.6 Å². The van der Waals surface area contributed by atoms with Gasteiger partial charge in [0.2, 0.25) is 0 Å². The van der Waals surface area contributed by atoms with Crippen molar-refractivity contribution in [2.45, 2.75) is 38.2 Å². The van der Waals surface area contributed by atoms with Gasteiger partial charge in [0, 0.05) is 24.4 Å². The van der Waals surface area contributed by atoms with Crippen LogP contribution in [0.4, 0.5) is 4.39 Å². The SMILES string of the molecule is Cc1nn(C)cc1-c1ccc(F)c2c1CC[C@H]2Oc1ccc([C@H]2C[C@@H]2COCO)cc1. The lowest BCUT2D eigenvalue weighted by Crippen LogP contribution is -2.06. The molecule has 5 rings (SSSR count). The number of aromatic nitrogens is 2. The zero-order valence-corrected chi connectivity index (χ0v) is 17.8. The van der Waals surface area contributed by atoms with Crippen molar-refractivity contribution in [2.75, 3.05) is 13.4 Å². The molecule has 3 atom stereocenters. The van der Waals surface area contributed by atoms with E-state index in [2.05, 4.69) is 17.2 Å². The first-order chi connectivity index (χ1) is 15.0. The van der Waals surface area contributed by atoms with E-state index in [1.807, 2.05) is 38.4 Å². The van der Waals surface area contributed by atoms with E-state index < -0.39 is 0 Å². The van der Waals surface area contributed by atoms with Crippen molar-refractivity contribution in [1.29, 1.82) is 0 Å². The molecule has 1 N–H and O–H groups in total. The van der Waals surface area contributed by atoms with Crippen molar-refractivity contribution in [2.24, 2.45) is 13.0 Å². The number of hydrogen-bond acceptors (Lipinski definition) is 4. The number of nitrogens with zero attached hydrogens (tertiary/aromatic N) is 2. The third-order valence-corrected chi connectivity index (χ3v) is 6.52. The summed E-state index contributed by atoms with van der Waals surface area (Å²) in [7, 11) is 1.90. The van der Waals surface area contributed by atoms with Crippen LogP contribution in [-0.4, -0.2) is 28.3 Å². The molecule has 0 aliphatic heterocycles. The van der Waals surface area contributed by atoms with Crippen molar-refractivity contribution in [3.05, 3.63) is 70.8 Å². The molecule has 31 heavy (non-hydrogen) atoms. The van der Waals surface area contributed by atoms with E-state index in [1.54, 1.807) is 10.7 Å². The van der Waals surface area contributed by atoms with Gasteiger partial charge in [-0.05, 0) is 72.9 Å². The maximum Gasteiger partial charge on any atom is 0.143 e. The number of ether oxygens (including phenoxy) is 2. The average Bonchev–Trinajstić information content (AvgIpc) is 3.29. The van der Waals surface area contributed by atoms with Crippen LogP contribution < -0.4 is 4.74 Å². The summed E-state index contributed by atoms with van der Waals surface area (Å²) in [5.74, 6) is 1.51. The van der Waals surface area contributed by atoms with Crippen LogP contribution in [0.25, 0.3) is 11.1 Å².